The number of terminal acetylenes is 1. The molecule has 0 rings (SSSR count). The zero-order chi connectivity index (χ0) is 13.1. The summed E-state index contributed by atoms with van der Waals surface area (Å²) in [6.45, 7) is 10.8. The third-order valence-corrected chi connectivity index (χ3v) is 3.47. The molecule has 0 unspecified atom stereocenters. The number of allylic oxidation sites excluding steroid dienone is 1. The smallest absolute Gasteiger partial charge is 0.155 e. The number of nitrogens with zero attached hydrogens (tertiary/aromatic N) is 1. The maximum atomic E-state index is 11.0. The van der Waals surface area contributed by atoms with Crippen LogP contribution in [-0.4, -0.2) is 29.9 Å². The van der Waals surface area contributed by atoms with Crippen LogP contribution < -0.4 is 0 Å². The molecule has 0 fully saturated rings. The number of carbonyl (C=O) groups excluding carboxylic acids is 1. The standard InChI is InChI=1S/C15H26NO/c1-5-15(17)13-11-9-10-12-14-16(6-2,7-3)8-4/h2,5H,1,7-14H2,3-4H3/q+1. The van der Waals surface area contributed by atoms with E-state index in [9.17, 15) is 4.79 Å². The van der Waals surface area contributed by atoms with Gasteiger partial charge in [-0.2, -0.15) is 0 Å². The van der Waals surface area contributed by atoms with Crippen molar-refractivity contribution in [3.05, 3.63) is 12.7 Å². The minimum atomic E-state index is 0.154. The van der Waals surface area contributed by atoms with Crippen LogP contribution in [-0.2, 0) is 4.79 Å². The van der Waals surface area contributed by atoms with Crippen LogP contribution in [0.4, 0.5) is 0 Å². The average Bonchev–Trinajstić information content (AvgIpc) is 2.38. The van der Waals surface area contributed by atoms with Crippen LogP contribution in [0.2, 0.25) is 0 Å². The molecule has 0 heterocycles. The Morgan fingerprint density at radius 2 is 1.82 bits per heavy atom. The zero-order valence-electron chi connectivity index (χ0n) is 11.4. The first-order valence-corrected chi connectivity index (χ1v) is 6.63. The van der Waals surface area contributed by atoms with Crippen molar-refractivity contribution in [3.63, 3.8) is 0 Å². The Bertz CT molecular complexity index is 271. The van der Waals surface area contributed by atoms with Crippen LogP contribution in [0.15, 0.2) is 12.7 Å². The Morgan fingerprint density at radius 1 is 1.24 bits per heavy atom. The topological polar surface area (TPSA) is 17.1 Å². The molecule has 0 aliphatic heterocycles. The normalized spacial score (nSPS) is 10.9. The van der Waals surface area contributed by atoms with Crippen LogP contribution >= 0.6 is 0 Å². The molecule has 0 amide bonds. The number of hydrogen-bond acceptors (Lipinski definition) is 1. The second-order valence-corrected chi connectivity index (χ2v) is 4.46. The predicted octanol–water partition coefficient (Wildman–Crippen LogP) is 3.14. The van der Waals surface area contributed by atoms with Crippen molar-refractivity contribution in [1.82, 2.24) is 0 Å². The van der Waals surface area contributed by atoms with Crippen molar-refractivity contribution in [2.45, 2.75) is 46.0 Å². The van der Waals surface area contributed by atoms with Crippen LogP contribution in [0.25, 0.3) is 0 Å². The van der Waals surface area contributed by atoms with Gasteiger partial charge in [-0.15, -0.1) is 0 Å². The van der Waals surface area contributed by atoms with Crippen molar-refractivity contribution in [2.75, 3.05) is 19.6 Å². The molecular formula is C15H26NO+. The van der Waals surface area contributed by atoms with Crippen molar-refractivity contribution >= 4 is 5.78 Å². The fourth-order valence-corrected chi connectivity index (χ4v) is 1.96. The van der Waals surface area contributed by atoms with Crippen molar-refractivity contribution in [3.8, 4) is 12.5 Å². The van der Waals surface area contributed by atoms with E-state index in [0.717, 1.165) is 49.8 Å². The molecule has 17 heavy (non-hydrogen) atoms. The fraction of sp³-hybridized carbons (Fsp3) is 0.667. The van der Waals surface area contributed by atoms with Gasteiger partial charge in [-0.05, 0) is 39.2 Å². The quantitative estimate of drug-likeness (QED) is 0.246. The lowest BCUT2D eigenvalue weighted by molar-refractivity contribution is -0.860. The zero-order valence-corrected chi connectivity index (χ0v) is 11.4. The molecule has 0 aromatic rings. The van der Waals surface area contributed by atoms with Gasteiger partial charge < -0.3 is 0 Å². The second-order valence-electron chi connectivity index (χ2n) is 4.46. The molecule has 2 heteroatoms. The summed E-state index contributed by atoms with van der Waals surface area (Å²) in [6, 6.07) is 2.90. The molecule has 0 aliphatic carbocycles. The van der Waals surface area contributed by atoms with Gasteiger partial charge in [0.1, 0.15) is 6.04 Å². The number of hydrogen-bond donors (Lipinski definition) is 0. The lowest BCUT2D eigenvalue weighted by Crippen LogP contribution is -2.43. The maximum absolute atomic E-state index is 11.0. The van der Waals surface area contributed by atoms with Gasteiger partial charge in [0.2, 0.25) is 0 Å². The summed E-state index contributed by atoms with van der Waals surface area (Å²) >= 11 is 0. The van der Waals surface area contributed by atoms with E-state index >= 15 is 0 Å². The van der Waals surface area contributed by atoms with Gasteiger partial charge in [-0.25, -0.2) is 4.48 Å². The Hall–Kier alpha value is -1.07. The number of carbonyl (C=O) groups is 1. The highest BCUT2D eigenvalue weighted by Gasteiger charge is 2.19. The lowest BCUT2D eigenvalue weighted by atomic mass is 10.1. The van der Waals surface area contributed by atoms with E-state index in [4.69, 9.17) is 6.42 Å². The Labute approximate surface area is 106 Å². The van der Waals surface area contributed by atoms with E-state index in [2.05, 4.69) is 26.5 Å². The van der Waals surface area contributed by atoms with Crippen LogP contribution in [0.3, 0.4) is 0 Å². The third kappa shape index (κ3) is 6.28. The molecule has 0 saturated heterocycles. The second kappa shape index (κ2) is 9.01. The molecule has 0 aliphatic rings. The number of unbranched alkanes of at least 4 members (excludes halogenated alkanes) is 3. The fourth-order valence-electron chi connectivity index (χ4n) is 1.96. The molecule has 0 aromatic heterocycles. The summed E-state index contributed by atoms with van der Waals surface area (Å²) in [5, 5.41) is 0. The molecule has 0 spiro atoms. The summed E-state index contributed by atoms with van der Waals surface area (Å²) in [4.78, 5) is 11.0. The Kier molecular flexibility index (Phi) is 8.44. The first-order chi connectivity index (χ1) is 8.14. The summed E-state index contributed by atoms with van der Waals surface area (Å²) in [5.41, 5.74) is 0. The van der Waals surface area contributed by atoms with E-state index in [1.165, 1.54) is 6.08 Å². The summed E-state index contributed by atoms with van der Waals surface area (Å²) in [5.74, 6) is 0.154. The van der Waals surface area contributed by atoms with Crippen molar-refractivity contribution in [1.29, 1.82) is 0 Å². The van der Waals surface area contributed by atoms with Crippen LogP contribution in [0.5, 0.6) is 0 Å². The van der Waals surface area contributed by atoms with Gasteiger partial charge >= 0.3 is 0 Å². The van der Waals surface area contributed by atoms with Gasteiger partial charge in [-0.1, -0.05) is 19.4 Å². The molecule has 0 saturated carbocycles. The highest BCUT2D eigenvalue weighted by Crippen LogP contribution is 2.10. The van der Waals surface area contributed by atoms with E-state index in [-0.39, 0.29) is 5.78 Å². The van der Waals surface area contributed by atoms with Crippen molar-refractivity contribution < 1.29 is 9.28 Å². The molecule has 0 radical (unpaired) electrons. The molecule has 0 bridgehead atoms. The Balaban J connectivity index is 3.67. The van der Waals surface area contributed by atoms with Gasteiger partial charge in [0.25, 0.3) is 0 Å². The number of rotatable bonds is 10. The van der Waals surface area contributed by atoms with Gasteiger partial charge in [0.15, 0.2) is 5.78 Å². The summed E-state index contributed by atoms with van der Waals surface area (Å²) in [6.07, 6.45) is 12.0. The monoisotopic (exact) mass is 236 g/mol. The van der Waals surface area contributed by atoms with Crippen LogP contribution in [0.1, 0.15) is 46.0 Å². The SMILES string of the molecule is C#C[N+](CC)(CC)CCCCCCC(=O)C=C. The van der Waals surface area contributed by atoms with Gasteiger partial charge in [0, 0.05) is 6.42 Å². The molecule has 0 aromatic carbocycles. The average molecular weight is 236 g/mol. The molecular weight excluding hydrogens is 210 g/mol. The lowest BCUT2D eigenvalue weighted by Gasteiger charge is -2.28. The van der Waals surface area contributed by atoms with Crippen molar-refractivity contribution in [2.24, 2.45) is 0 Å². The van der Waals surface area contributed by atoms with Crippen LogP contribution in [0, 0.1) is 12.5 Å². The Morgan fingerprint density at radius 3 is 2.29 bits per heavy atom. The molecule has 0 atom stereocenters. The summed E-state index contributed by atoms with van der Waals surface area (Å²) in [7, 11) is 0. The highest BCUT2D eigenvalue weighted by molar-refractivity contribution is 5.88. The first kappa shape index (κ1) is 15.9. The largest absolute Gasteiger partial charge is 0.295 e. The number of quaternary nitrogens is 1. The van der Waals surface area contributed by atoms with E-state index in [1.807, 2.05) is 0 Å². The predicted molar refractivity (Wildman–Crippen MR) is 73.3 cm³/mol. The summed E-state index contributed by atoms with van der Waals surface area (Å²) < 4.78 is 0.769. The maximum Gasteiger partial charge on any atom is 0.155 e. The van der Waals surface area contributed by atoms with E-state index in [0.29, 0.717) is 6.42 Å². The van der Waals surface area contributed by atoms with Gasteiger partial charge in [-0.3, -0.25) is 4.79 Å². The first-order valence-electron chi connectivity index (χ1n) is 6.63. The minimum Gasteiger partial charge on any atom is -0.295 e. The molecule has 0 N–H and O–H groups in total. The van der Waals surface area contributed by atoms with Gasteiger partial charge in [0.05, 0.1) is 19.6 Å². The highest BCUT2D eigenvalue weighted by atomic mass is 16.1. The van der Waals surface area contributed by atoms with E-state index < -0.39 is 0 Å². The third-order valence-electron chi connectivity index (χ3n) is 3.47. The van der Waals surface area contributed by atoms with E-state index in [1.54, 1.807) is 0 Å². The molecule has 2 nitrogen and oxygen atoms in total. The number of ketones is 1. The molecule has 96 valence electrons. The minimum absolute atomic E-state index is 0.154.